The molecule has 1 unspecified atom stereocenters. The molecule has 6 nitrogen and oxygen atoms in total. The van der Waals surface area contributed by atoms with Crippen molar-refractivity contribution in [1.29, 1.82) is 0 Å². The van der Waals surface area contributed by atoms with E-state index in [-0.39, 0.29) is 31.6 Å². The van der Waals surface area contributed by atoms with Crippen LogP contribution in [0.25, 0.3) is 0 Å². The lowest BCUT2D eigenvalue weighted by Crippen LogP contribution is -2.30. The minimum atomic E-state index is -0.830. The fourth-order valence-corrected chi connectivity index (χ4v) is 8.55. The Hall–Kier alpha value is -4.71. The second-order valence-corrected chi connectivity index (χ2v) is 20.9. The summed E-state index contributed by atoms with van der Waals surface area (Å²) in [6, 6.07) is 0. The van der Waals surface area contributed by atoms with Gasteiger partial charge in [0.1, 0.15) is 13.2 Å². The number of carbonyl (C=O) groups is 3. The van der Waals surface area contributed by atoms with Crippen LogP contribution in [0.15, 0.2) is 146 Å². The maximum absolute atomic E-state index is 12.9. The topological polar surface area (TPSA) is 78.9 Å². The van der Waals surface area contributed by atoms with Crippen LogP contribution in [0.4, 0.5) is 0 Å². The number of carbonyl (C=O) groups excluding carboxylic acids is 3. The number of esters is 3. The molecule has 0 aliphatic rings. The molecule has 0 aromatic rings. The van der Waals surface area contributed by atoms with Crippen molar-refractivity contribution >= 4 is 17.9 Å². The molecule has 0 saturated carbocycles. The monoisotopic (exact) mass is 1090 g/mol. The second kappa shape index (κ2) is 65.8. The molecule has 0 bridgehead atoms. The van der Waals surface area contributed by atoms with Crippen molar-refractivity contribution in [2.24, 2.45) is 0 Å². The van der Waals surface area contributed by atoms with E-state index in [0.717, 1.165) is 116 Å². The molecular formula is C73H118O6. The average molecular weight is 1090 g/mol. The van der Waals surface area contributed by atoms with Crippen molar-refractivity contribution in [1.82, 2.24) is 0 Å². The number of allylic oxidation sites excluding steroid dienone is 24. The molecule has 0 aromatic carbocycles. The molecule has 79 heavy (non-hydrogen) atoms. The van der Waals surface area contributed by atoms with Gasteiger partial charge in [0.25, 0.3) is 0 Å². The van der Waals surface area contributed by atoms with Gasteiger partial charge in [-0.3, -0.25) is 14.4 Å². The predicted molar refractivity (Wildman–Crippen MR) is 343 cm³/mol. The highest BCUT2D eigenvalue weighted by Gasteiger charge is 2.19. The molecule has 0 spiro atoms. The van der Waals surface area contributed by atoms with Gasteiger partial charge < -0.3 is 14.2 Å². The molecule has 0 N–H and O–H groups in total. The van der Waals surface area contributed by atoms with Crippen LogP contribution in [0.5, 0.6) is 0 Å². The van der Waals surface area contributed by atoms with Crippen LogP contribution in [0.2, 0.25) is 0 Å². The molecule has 0 aliphatic heterocycles. The average Bonchev–Trinajstić information content (AvgIpc) is 3.45. The Morgan fingerprint density at radius 1 is 0.266 bits per heavy atom. The molecule has 0 saturated heterocycles. The molecule has 446 valence electrons. The number of ether oxygens (including phenoxy) is 3. The highest BCUT2D eigenvalue weighted by atomic mass is 16.6. The van der Waals surface area contributed by atoms with Crippen LogP contribution >= 0.6 is 0 Å². The summed E-state index contributed by atoms with van der Waals surface area (Å²) in [7, 11) is 0. The zero-order chi connectivity index (χ0) is 57.1. The third kappa shape index (κ3) is 64.0. The van der Waals surface area contributed by atoms with Crippen LogP contribution < -0.4 is 0 Å². The Labute approximate surface area is 487 Å². The van der Waals surface area contributed by atoms with E-state index in [0.29, 0.717) is 19.3 Å². The molecule has 0 fully saturated rings. The van der Waals surface area contributed by atoms with Crippen LogP contribution in [-0.4, -0.2) is 37.2 Å². The van der Waals surface area contributed by atoms with Crippen molar-refractivity contribution in [3.05, 3.63) is 146 Å². The first kappa shape index (κ1) is 74.3. The van der Waals surface area contributed by atoms with Gasteiger partial charge in [-0.1, -0.05) is 276 Å². The highest BCUT2D eigenvalue weighted by Crippen LogP contribution is 2.15. The molecule has 0 aromatic heterocycles. The van der Waals surface area contributed by atoms with Gasteiger partial charge in [0.05, 0.1) is 0 Å². The van der Waals surface area contributed by atoms with Crippen LogP contribution in [0.1, 0.15) is 278 Å². The fourth-order valence-electron chi connectivity index (χ4n) is 8.55. The first-order valence-corrected chi connectivity index (χ1v) is 32.3. The number of hydrogen-bond donors (Lipinski definition) is 0. The third-order valence-electron chi connectivity index (χ3n) is 13.3. The molecule has 6 heteroatoms. The fraction of sp³-hybridized carbons (Fsp3) is 0.630. The molecule has 1 atom stereocenters. The Morgan fingerprint density at radius 2 is 0.519 bits per heavy atom. The first-order chi connectivity index (χ1) is 39.0. The maximum Gasteiger partial charge on any atom is 0.306 e. The number of hydrogen-bond acceptors (Lipinski definition) is 6. The first-order valence-electron chi connectivity index (χ1n) is 32.3. The standard InChI is InChI=1S/C73H118O6/c1-4-7-10-13-16-19-22-25-28-31-33-34-35-36-37-38-40-42-45-48-51-54-57-60-63-66-72(75)78-69-70(68-77-71(74)65-62-59-56-53-50-47-44-41-30-27-24-21-18-15-12-9-6-3)79-73(76)67-64-61-58-55-52-49-46-43-39-32-29-26-23-20-17-14-11-8-5-2/h7-8,10-11,16-21,25-30,33-34,39,43,49,52,58,61,70H,4-6,9,12-15,22-24,31-32,35-38,40-42,44-48,50-51,53-57,59-60,62-69H2,1-3H3/b10-7-,11-8-,19-16-,20-17-,21-18-,28-25-,29-26-,30-27-,34-33-,43-39-,52-49-,61-58-. The molecule has 0 amide bonds. The Morgan fingerprint density at radius 3 is 0.823 bits per heavy atom. The zero-order valence-corrected chi connectivity index (χ0v) is 51.1. The van der Waals surface area contributed by atoms with Gasteiger partial charge in [0.15, 0.2) is 6.10 Å². The second-order valence-electron chi connectivity index (χ2n) is 20.9. The number of unbranched alkanes of at least 4 members (excludes halogenated alkanes) is 22. The van der Waals surface area contributed by atoms with Gasteiger partial charge in [-0.05, 0) is 128 Å². The smallest absolute Gasteiger partial charge is 0.306 e. The van der Waals surface area contributed by atoms with E-state index in [2.05, 4.69) is 161 Å². The minimum absolute atomic E-state index is 0.116. The number of rotatable bonds is 57. The maximum atomic E-state index is 12.9. The lowest BCUT2D eigenvalue weighted by atomic mass is 10.0. The Bertz CT molecular complexity index is 1730. The summed E-state index contributed by atoms with van der Waals surface area (Å²) in [5.41, 5.74) is 0. The Balaban J connectivity index is 4.47. The SMILES string of the molecule is CC/C=C\C/C=C\C/C=C\C/C=C\C/C=C\C/C=C\CCC(=O)OC(COC(=O)CCCCCCCCC/C=C\C/C=C\CCCCC)COC(=O)CCCCCCCCCCCCCC/C=C\C/C=C\C/C=C\C/C=C\CC. The van der Waals surface area contributed by atoms with E-state index in [4.69, 9.17) is 14.2 Å². The van der Waals surface area contributed by atoms with E-state index >= 15 is 0 Å². The largest absolute Gasteiger partial charge is 0.462 e. The van der Waals surface area contributed by atoms with Crippen molar-refractivity contribution in [3.8, 4) is 0 Å². The summed E-state index contributed by atoms with van der Waals surface area (Å²) >= 11 is 0. The van der Waals surface area contributed by atoms with Gasteiger partial charge in [-0.15, -0.1) is 0 Å². The zero-order valence-electron chi connectivity index (χ0n) is 51.1. The third-order valence-corrected chi connectivity index (χ3v) is 13.3. The van der Waals surface area contributed by atoms with E-state index in [1.54, 1.807) is 0 Å². The molecule has 0 heterocycles. The van der Waals surface area contributed by atoms with Crippen LogP contribution in [-0.2, 0) is 28.6 Å². The van der Waals surface area contributed by atoms with Crippen molar-refractivity contribution < 1.29 is 28.6 Å². The van der Waals surface area contributed by atoms with Gasteiger partial charge >= 0.3 is 17.9 Å². The van der Waals surface area contributed by atoms with E-state index in [9.17, 15) is 14.4 Å². The summed E-state index contributed by atoms with van der Waals surface area (Å²) in [6.45, 7) is 6.33. The van der Waals surface area contributed by atoms with Crippen LogP contribution in [0, 0.1) is 0 Å². The van der Waals surface area contributed by atoms with Gasteiger partial charge in [-0.25, -0.2) is 0 Å². The quantitative estimate of drug-likeness (QED) is 0.0261. The lowest BCUT2D eigenvalue weighted by molar-refractivity contribution is -0.166. The summed E-state index contributed by atoms with van der Waals surface area (Å²) in [4.78, 5) is 38.3. The van der Waals surface area contributed by atoms with Crippen molar-refractivity contribution in [2.45, 2.75) is 284 Å². The highest BCUT2D eigenvalue weighted by molar-refractivity contribution is 5.71. The van der Waals surface area contributed by atoms with E-state index in [1.165, 1.54) is 116 Å². The lowest BCUT2D eigenvalue weighted by Gasteiger charge is -2.18. The molecule has 0 radical (unpaired) electrons. The van der Waals surface area contributed by atoms with Crippen molar-refractivity contribution in [2.75, 3.05) is 13.2 Å². The van der Waals surface area contributed by atoms with Gasteiger partial charge in [-0.2, -0.15) is 0 Å². The van der Waals surface area contributed by atoms with Gasteiger partial charge in [0, 0.05) is 19.3 Å². The predicted octanol–water partition coefficient (Wildman–Crippen LogP) is 22.3. The van der Waals surface area contributed by atoms with Crippen LogP contribution in [0.3, 0.4) is 0 Å². The van der Waals surface area contributed by atoms with Crippen molar-refractivity contribution in [3.63, 3.8) is 0 Å². The van der Waals surface area contributed by atoms with E-state index in [1.807, 2.05) is 6.08 Å². The van der Waals surface area contributed by atoms with E-state index < -0.39 is 12.1 Å². The summed E-state index contributed by atoms with van der Waals surface area (Å²) in [5, 5.41) is 0. The molecular weight excluding hydrogens is 973 g/mol. The Kier molecular flexibility index (Phi) is 61.9. The normalized spacial score (nSPS) is 13.1. The minimum Gasteiger partial charge on any atom is -0.462 e. The summed E-state index contributed by atoms with van der Waals surface area (Å²) in [6.07, 6.45) is 94.3. The molecule has 0 rings (SSSR count). The van der Waals surface area contributed by atoms with Gasteiger partial charge in [0.2, 0.25) is 0 Å². The molecule has 0 aliphatic carbocycles. The summed E-state index contributed by atoms with van der Waals surface area (Å²) in [5.74, 6) is -1.01. The summed E-state index contributed by atoms with van der Waals surface area (Å²) < 4.78 is 16.9.